The smallest absolute Gasteiger partial charge is 0.367 e. The number of fused-ring (bicyclic) bond motifs is 1. The van der Waals surface area contributed by atoms with E-state index in [2.05, 4.69) is 31.6 Å². The van der Waals surface area contributed by atoms with Gasteiger partial charge in [-0.1, -0.05) is 24.6 Å². The van der Waals surface area contributed by atoms with E-state index in [-0.39, 0.29) is 0 Å². The van der Waals surface area contributed by atoms with Gasteiger partial charge in [-0.3, -0.25) is 0 Å². The molecule has 2 saturated heterocycles. The van der Waals surface area contributed by atoms with Crippen LogP contribution < -0.4 is 4.90 Å². The Kier molecular flexibility index (Phi) is 6.62. The molecule has 3 heterocycles. The van der Waals surface area contributed by atoms with Gasteiger partial charge in [0, 0.05) is 50.1 Å². The number of likely N-dealkylation sites (tertiary alicyclic amines) is 1. The lowest BCUT2D eigenvalue weighted by Crippen LogP contribution is -2.35. The summed E-state index contributed by atoms with van der Waals surface area (Å²) in [5.41, 5.74) is 0.332. The molecule has 2 aliphatic heterocycles. The number of halogens is 3. The first kappa shape index (κ1) is 23.0. The average Bonchev–Trinajstić information content (AvgIpc) is 3.56. The Labute approximate surface area is 197 Å². The highest BCUT2D eigenvalue weighted by molar-refractivity contribution is 7.99. The molecule has 2 atom stereocenters. The van der Waals surface area contributed by atoms with Crippen LogP contribution in [0.15, 0.2) is 29.4 Å². The predicted octanol–water partition coefficient (Wildman–Crippen LogP) is 5.18. The first-order valence-corrected chi connectivity index (χ1v) is 13.1. The third kappa shape index (κ3) is 4.90. The molecule has 0 N–H and O–H groups in total. The third-order valence-corrected chi connectivity index (χ3v) is 8.69. The van der Waals surface area contributed by atoms with Gasteiger partial charge in [-0.05, 0) is 62.4 Å². The number of rotatable bonds is 7. The molecular weight excluding hydrogens is 447 g/mol. The standard InChI is InChI=1S/C24H32F3N5S/c1-30-22(17-5-2-3-6-17)28-29-23(30)33-14-4-12-31-15-18-11-13-32(21(18)16-31)20-9-7-19(8-10-20)24(25,26)27/h7-10,17-18,21H,2-6,11-16H2,1H3/t18-,21+/m0/s1. The van der Waals surface area contributed by atoms with Gasteiger partial charge in [0.05, 0.1) is 5.56 Å². The zero-order valence-corrected chi connectivity index (χ0v) is 19.9. The Balaban J connectivity index is 1.09. The van der Waals surface area contributed by atoms with Crippen molar-refractivity contribution in [2.75, 3.05) is 36.8 Å². The van der Waals surface area contributed by atoms with Crippen molar-refractivity contribution in [3.8, 4) is 0 Å². The Hall–Kier alpha value is -1.74. The summed E-state index contributed by atoms with van der Waals surface area (Å²) in [5, 5.41) is 9.91. The van der Waals surface area contributed by atoms with Gasteiger partial charge >= 0.3 is 6.18 Å². The van der Waals surface area contributed by atoms with Gasteiger partial charge in [-0.15, -0.1) is 10.2 Å². The quantitative estimate of drug-likeness (QED) is 0.404. The van der Waals surface area contributed by atoms with Gasteiger partial charge in [0.2, 0.25) is 0 Å². The van der Waals surface area contributed by atoms with Crippen LogP contribution in [0.2, 0.25) is 0 Å². The summed E-state index contributed by atoms with van der Waals surface area (Å²) in [7, 11) is 2.09. The van der Waals surface area contributed by atoms with Crippen molar-refractivity contribution in [1.29, 1.82) is 0 Å². The van der Waals surface area contributed by atoms with E-state index in [4.69, 9.17) is 0 Å². The fourth-order valence-electron chi connectivity index (χ4n) is 5.84. The second-order valence-electron chi connectivity index (χ2n) is 9.70. The van der Waals surface area contributed by atoms with Gasteiger partial charge < -0.3 is 14.4 Å². The molecule has 1 aliphatic carbocycles. The first-order valence-electron chi connectivity index (χ1n) is 12.1. The number of benzene rings is 1. The van der Waals surface area contributed by atoms with E-state index >= 15 is 0 Å². The second kappa shape index (κ2) is 9.49. The van der Waals surface area contributed by atoms with Crippen molar-refractivity contribution in [3.63, 3.8) is 0 Å². The van der Waals surface area contributed by atoms with Crippen LogP contribution >= 0.6 is 11.8 Å². The van der Waals surface area contributed by atoms with Crippen LogP contribution in [0.25, 0.3) is 0 Å². The van der Waals surface area contributed by atoms with Gasteiger partial charge in [-0.2, -0.15) is 13.2 Å². The molecule has 5 nitrogen and oxygen atoms in total. The fraction of sp³-hybridized carbons (Fsp3) is 0.667. The maximum atomic E-state index is 12.9. The van der Waals surface area contributed by atoms with Gasteiger partial charge in [-0.25, -0.2) is 0 Å². The first-order chi connectivity index (χ1) is 15.9. The van der Waals surface area contributed by atoms with Crippen LogP contribution in [0, 0.1) is 5.92 Å². The summed E-state index contributed by atoms with van der Waals surface area (Å²) >= 11 is 1.79. The minimum atomic E-state index is -4.28. The highest BCUT2D eigenvalue weighted by Crippen LogP contribution is 2.37. The Morgan fingerprint density at radius 2 is 1.79 bits per heavy atom. The van der Waals surface area contributed by atoms with E-state index in [1.54, 1.807) is 23.9 Å². The molecular formula is C24H32F3N5S. The van der Waals surface area contributed by atoms with Crippen LogP contribution in [0.1, 0.15) is 55.8 Å². The predicted molar refractivity (Wildman–Crippen MR) is 125 cm³/mol. The molecule has 9 heteroatoms. The van der Waals surface area contributed by atoms with Crippen LogP contribution in [0.3, 0.4) is 0 Å². The van der Waals surface area contributed by atoms with Gasteiger partial charge in [0.1, 0.15) is 5.82 Å². The van der Waals surface area contributed by atoms with Gasteiger partial charge in [0.25, 0.3) is 0 Å². The number of nitrogens with zero attached hydrogens (tertiary/aromatic N) is 5. The normalized spacial score (nSPS) is 24.2. The molecule has 3 aliphatic rings. The molecule has 1 aromatic carbocycles. The maximum Gasteiger partial charge on any atom is 0.416 e. The van der Waals surface area contributed by atoms with E-state index < -0.39 is 11.7 Å². The van der Waals surface area contributed by atoms with E-state index in [1.165, 1.54) is 37.8 Å². The van der Waals surface area contributed by atoms with Crippen molar-refractivity contribution in [3.05, 3.63) is 35.7 Å². The Bertz CT molecular complexity index is 939. The lowest BCUT2D eigenvalue weighted by atomic mass is 10.0. The van der Waals surface area contributed by atoms with E-state index in [0.29, 0.717) is 17.9 Å². The molecule has 0 radical (unpaired) electrons. The molecule has 1 saturated carbocycles. The zero-order valence-electron chi connectivity index (χ0n) is 19.1. The number of thioether (sulfide) groups is 1. The molecule has 5 rings (SSSR count). The molecule has 180 valence electrons. The van der Waals surface area contributed by atoms with Crippen molar-refractivity contribution in [2.24, 2.45) is 13.0 Å². The summed E-state index contributed by atoms with van der Waals surface area (Å²) in [6.07, 6.45) is 2.99. The number of hydrogen-bond acceptors (Lipinski definition) is 5. The van der Waals surface area contributed by atoms with Crippen molar-refractivity contribution in [2.45, 2.75) is 61.8 Å². The van der Waals surface area contributed by atoms with E-state index in [9.17, 15) is 13.2 Å². The SMILES string of the molecule is Cn1c(SCCCN2C[C@@H]3CCN(c4ccc(C(F)(F)F)cc4)[C@@H]3C2)nnc1C1CCCC1. The molecule has 33 heavy (non-hydrogen) atoms. The minimum absolute atomic E-state index is 0.405. The summed E-state index contributed by atoms with van der Waals surface area (Å²) in [6.45, 7) is 4.06. The summed E-state index contributed by atoms with van der Waals surface area (Å²) in [5.74, 6) is 3.34. The van der Waals surface area contributed by atoms with Crippen molar-refractivity contribution in [1.82, 2.24) is 19.7 Å². The molecule has 2 aromatic rings. The number of anilines is 1. The zero-order chi connectivity index (χ0) is 23.0. The third-order valence-electron chi connectivity index (χ3n) is 7.59. The molecule has 0 unspecified atom stereocenters. The van der Waals surface area contributed by atoms with Crippen LogP contribution in [0.4, 0.5) is 18.9 Å². The van der Waals surface area contributed by atoms with Gasteiger partial charge in [0.15, 0.2) is 5.16 Å². The summed E-state index contributed by atoms with van der Waals surface area (Å²) in [4.78, 5) is 4.83. The monoisotopic (exact) mass is 479 g/mol. The topological polar surface area (TPSA) is 37.2 Å². The largest absolute Gasteiger partial charge is 0.416 e. The average molecular weight is 480 g/mol. The Morgan fingerprint density at radius 1 is 1.03 bits per heavy atom. The van der Waals surface area contributed by atoms with Crippen molar-refractivity contribution < 1.29 is 13.2 Å². The minimum Gasteiger partial charge on any atom is -0.367 e. The molecule has 0 amide bonds. The molecule has 1 aromatic heterocycles. The highest BCUT2D eigenvalue weighted by Gasteiger charge is 2.41. The van der Waals surface area contributed by atoms with Crippen molar-refractivity contribution >= 4 is 17.4 Å². The van der Waals surface area contributed by atoms with E-state index in [1.807, 2.05) is 0 Å². The molecule has 0 bridgehead atoms. The number of aromatic nitrogens is 3. The summed E-state index contributed by atoms with van der Waals surface area (Å²) in [6, 6.07) is 6.08. The van der Waals surface area contributed by atoms with Crippen LogP contribution in [-0.2, 0) is 13.2 Å². The molecule has 3 fully saturated rings. The second-order valence-corrected chi connectivity index (χ2v) is 10.8. The van der Waals surface area contributed by atoms with Crippen LogP contribution in [0.5, 0.6) is 0 Å². The van der Waals surface area contributed by atoms with Crippen LogP contribution in [-0.4, -0.2) is 57.6 Å². The lowest BCUT2D eigenvalue weighted by Gasteiger charge is -2.27. The fourth-order valence-corrected chi connectivity index (χ4v) is 6.68. The lowest BCUT2D eigenvalue weighted by molar-refractivity contribution is -0.137. The Morgan fingerprint density at radius 3 is 2.52 bits per heavy atom. The van der Waals surface area contributed by atoms with E-state index in [0.717, 1.165) is 61.4 Å². The molecule has 0 spiro atoms. The number of alkyl halides is 3. The maximum absolute atomic E-state index is 12.9. The highest BCUT2D eigenvalue weighted by atomic mass is 32.2. The summed E-state index contributed by atoms with van der Waals surface area (Å²) < 4.78 is 40.8. The number of hydrogen-bond donors (Lipinski definition) is 0.